The van der Waals surface area contributed by atoms with E-state index in [0.717, 1.165) is 11.3 Å². The van der Waals surface area contributed by atoms with Gasteiger partial charge < -0.3 is 14.8 Å². The highest BCUT2D eigenvalue weighted by Gasteiger charge is 2.19. The number of hydrogen-bond acceptors (Lipinski definition) is 4. The minimum atomic E-state index is 0.0666. The van der Waals surface area contributed by atoms with Crippen LogP contribution >= 0.6 is 0 Å². The Balaban J connectivity index is 2.37. The molecule has 0 unspecified atom stereocenters. The number of rotatable bonds is 3. The molecule has 0 saturated carbocycles. The molecule has 1 aromatic carbocycles. The lowest BCUT2D eigenvalue weighted by molar-refractivity contribution is 0.0991. The first-order valence-corrected chi connectivity index (χ1v) is 5.31. The van der Waals surface area contributed by atoms with Gasteiger partial charge in [-0.3, -0.25) is 4.79 Å². The second kappa shape index (κ2) is 4.53. The standard InChI is InChI=1S/C12H15NO3/c1-8-9(10(14)7-13-2)3-4-11-12(8)16-6-5-15-11/h3-4,13H,5-7H2,1-2H3. The number of likely N-dealkylation sites (N-methyl/N-ethyl adjacent to an activating group) is 1. The molecule has 1 N–H and O–H groups in total. The molecule has 1 heterocycles. The van der Waals surface area contributed by atoms with E-state index >= 15 is 0 Å². The molecular formula is C12H15NO3. The summed E-state index contributed by atoms with van der Waals surface area (Å²) in [5.74, 6) is 1.50. The van der Waals surface area contributed by atoms with Gasteiger partial charge in [-0.2, -0.15) is 0 Å². The Morgan fingerprint density at radius 2 is 2.12 bits per heavy atom. The highest BCUT2D eigenvalue weighted by molar-refractivity contribution is 5.99. The molecule has 0 atom stereocenters. The van der Waals surface area contributed by atoms with E-state index in [-0.39, 0.29) is 5.78 Å². The van der Waals surface area contributed by atoms with Crippen LogP contribution < -0.4 is 14.8 Å². The van der Waals surface area contributed by atoms with Crippen LogP contribution in [0.3, 0.4) is 0 Å². The van der Waals surface area contributed by atoms with Crippen molar-refractivity contribution in [3.63, 3.8) is 0 Å². The summed E-state index contributed by atoms with van der Waals surface area (Å²) >= 11 is 0. The van der Waals surface area contributed by atoms with Crippen molar-refractivity contribution in [2.45, 2.75) is 6.92 Å². The highest BCUT2D eigenvalue weighted by atomic mass is 16.6. The first-order valence-electron chi connectivity index (χ1n) is 5.31. The van der Waals surface area contributed by atoms with E-state index in [1.807, 2.05) is 6.92 Å². The Bertz CT molecular complexity index is 415. The number of Topliss-reactive ketones (excluding diaryl/α,β-unsaturated/α-hetero) is 1. The van der Waals surface area contributed by atoms with Crippen molar-refractivity contribution in [3.8, 4) is 11.5 Å². The smallest absolute Gasteiger partial charge is 0.176 e. The molecular weight excluding hydrogens is 206 g/mol. The van der Waals surface area contributed by atoms with Crippen molar-refractivity contribution in [1.29, 1.82) is 0 Å². The molecule has 0 amide bonds. The lowest BCUT2D eigenvalue weighted by atomic mass is 10.0. The molecule has 0 spiro atoms. The van der Waals surface area contributed by atoms with Crippen LogP contribution in [-0.4, -0.2) is 32.6 Å². The maximum atomic E-state index is 11.8. The zero-order chi connectivity index (χ0) is 11.5. The van der Waals surface area contributed by atoms with Crippen LogP contribution in [0, 0.1) is 6.92 Å². The number of benzene rings is 1. The van der Waals surface area contributed by atoms with Crippen LogP contribution in [0.4, 0.5) is 0 Å². The van der Waals surface area contributed by atoms with Gasteiger partial charge in [-0.25, -0.2) is 0 Å². The minimum Gasteiger partial charge on any atom is -0.486 e. The maximum absolute atomic E-state index is 11.8. The Morgan fingerprint density at radius 1 is 1.38 bits per heavy atom. The van der Waals surface area contributed by atoms with Crippen LogP contribution in [0.1, 0.15) is 15.9 Å². The van der Waals surface area contributed by atoms with Crippen molar-refractivity contribution in [1.82, 2.24) is 5.32 Å². The third kappa shape index (κ3) is 1.88. The molecule has 4 heteroatoms. The molecule has 0 bridgehead atoms. The Morgan fingerprint density at radius 3 is 2.88 bits per heavy atom. The topological polar surface area (TPSA) is 47.6 Å². The predicted octanol–water partition coefficient (Wildman–Crippen LogP) is 1.17. The number of hydrogen-bond donors (Lipinski definition) is 1. The molecule has 86 valence electrons. The van der Waals surface area contributed by atoms with Crippen molar-refractivity contribution in [2.75, 3.05) is 26.8 Å². The molecule has 0 saturated heterocycles. The molecule has 0 fully saturated rings. The highest BCUT2D eigenvalue weighted by Crippen LogP contribution is 2.35. The average Bonchev–Trinajstić information content (AvgIpc) is 2.30. The summed E-state index contributed by atoms with van der Waals surface area (Å²) < 4.78 is 11.0. The van der Waals surface area contributed by atoms with Gasteiger partial charge in [0.1, 0.15) is 13.2 Å². The fourth-order valence-corrected chi connectivity index (χ4v) is 1.81. The van der Waals surface area contributed by atoms with Crippen molar-refractivity contribution >= 4 is 5.78 Å². The number of carbonyl (C=O) groups excluding carboxylic acids is 1. The predicted molar refractivity (Wildman–Crippen MR) is 60.4 cm³/mol. The van der Waals surface area contributed by atoms with E-state index in [1.54, 1.807) is 19.2 Å². The van der Waals surface area contributed by atoms with Crippen LogP contribution in [0.2, 0.25) is 0 Å². The summed E-state index contributed by atoms with van der Waals surface area (Å²) in [6, 6.07) is 3.59. The summed E-state index contributed by atoms with van der Waals surface area (Å²) in [5.41, 5.74) is 1.55. The number of fused-ring (bicyclic) bond motifs is 1. The minimum absolute atomic E-state index is 0.0666. The molecule has 2 rings (SSSR count). The molecule has 0 aromatic heterocycles. The van der Waals surface area contributed by atoms with Crippen molar-refractivity contribution in [3.05, 3.63) is 23.3 Å². The van der Waals surface area contributed by atoms with Crippen molar-refractivity contribution in [2.24, 2.45) is 0 Å². The van der Waals surface area contributed by atoms with Crippen LogP contribution in [0.25, 0.3) is 0 Å². The second-order valence-corrected chi connectivity index (χ2v) is 3.72. The zero-order valence-corrected chi connectivity index (χ0v) is 9.50. The third-order valence-corrected chi connectivity index (χ3v) is 2.59. The van der Waals surface area contributed by atoms with Crippen LogP contribution in [0.15, 0.2) is 12.1 Å². The van der Waals surface area contributed by atoms with Gasteiger partial charge in [-0.05, 0) is 26.1 Å². The Kier molecular flexibility index (Phi) is 3.10. The Labute approximate surface area is 94.6 Å². The SMILES string of the molecule is CNCC(=O)c1ccc2c(c1C)OCCO2. The summed E-state index contributed by atoms with van der Waals surface area (Å²) in [4.78, 5) is 11.8. The van der Waals surface area contributed by atoms with Gasteiger partial charge >= 0.3 is 0 Å². The molecule has 0 radical (unpaired) electrons. The lowest BCUT2D eigenvalue weighted by Crippen LogP contribution is -2.21. The molecule has 1 aromatic rings. The van der Waals surface area contributed by atoms with Gasteiger partial charge in [-0.15, -0.1) is 0 Å². The van der Waals surface area contributed by atoms with Crippen LogP contribution in [-0.2, 0) is 0 Å². The summed E-state index contributed by atoms with van der Waals surface area (Å²) in [6.45, 7) is 3.32. The number of ether oxygens (including phenoxy) is 2. The van der Waals surface area contributed by atoms with E-state index in [4.69, 9.17) is 9.47 Å². The van der Waals surface area contributed by atoms with Gasteiger partial charge in [0.15, 0.2) is 17.3 Å². The van der Waals surface area contributed by atoms with E-state index < -0.39 is 0 Å². The number of carbonyl (C=O) groups is 1. The third-order valence-electron chi connectivity index (χ3n) is 2.59. The van der Waals surface area contributed by atoms with E-state index in [1.165, 1.54) is 0 Å². The number of ketones is 1. The van der Waals surface area contributed by atoms with E-state index in [0.29, 0.717) is 31.1 Å². The van der Waals surface area contributed by atoms with Crippen LogP contribution in [0.5, 0.6) is 11.5 Å². The summed E-state index contributed by atoms with van der Waals surface area (Å²) in [6.07, 6.45) is 0. The summed E-state index contributed by atoms with van der Waals surface area (Å²) in [7, 11) is 1.76. The van der Waals surface area contributed by atoms with Gasteiger partial charge in [0, 0.05) is 11.1 Å². The van der Waals surface area contributed by atoms with Crippen molar-refractivity contribution < 1.29 is 14.3 Å². The maximum Gasteiger partial charge on any atom is 0.176 e. The number of nitrogens with one attached hydrogen (secondary N) is 1. The van der Waals surface area contributed by atoms with E-state index in [9.17, 15) is 4.79 Å². The van der Waals surface area contributed by atoms with Gasteiger partial charge in [0.25, 0.3) is 0 Å². The van der Waals surface area contributed by atoms with Gasteiger partial charge in [0.05, 0.1) is 6.54 Å². The second-order valence-electron chi connectivity index (χ2n) is 3.72. The first kappa shape index (κ1) is 11.0. The van der Waals surface area contributed by atoms with E-state index in [2.05, 4.69) is 5.32 Å². The Hall–Kier alpha value is -1.55. The zero-order valence-electron chi connectivity index (χ0n) is 9.50. The molecule has 0 aliphatic carbocycles. The monoisotopic (exact) mass is 221 g/mol. The summed E-state index contributed by atoms with van der Waals surface area (Å²) in [5, 5.41) is 2.85. The van der Waals surface area contributed by atoms with Gasteiger partial charge in [0.2, 0.25) is 0 Å². The molecule has 1 aliphatic rings. The normalized spacial score (nSPS) is 13.6. The first-order chi connectivity index (χ1) is 7.74. The molecule has 1 aliphatic heterocycles. The lowest BCUT2D eigenvalue weighted by Gasteiger charge is -2.21. The average molecular weight is 221 g/mol. The van der Waals surface area contributed by atoms with Gasteiger partial charge in [-0.1, -0.05) is 0 Å². The quantitative estimate of drug-likeness (QED) is 0.778. The fourth-order valence-electron chi connectivity index (χ4n) is 1.81. The molecule has 16 heavy (non-hydrogen) atoms. The fraction of sp³-hybridized carbons (Fsp3) is 0.417. The molecule has 4 nitrogen and oxygen atoms in total. The largest absolute Gasteiger partial charge is 0.486 e.